The summed E-state index contributed by atoms with van der Waals surface area (Å²) >= 11 is 0. The normalized spacial score (nSPS) is 10.0. The minimum Gasteiger partial charge on any atom is -0.481 e. The lowest BCUT2D eigenvalue weighted by Crippen LogP contribution is -2.21. The van der Waals surface area contributed by atoms with Crippen molar-refractivity contribution in [2.75, 3.05) is 23.3 Å². The fraction of sp³-hybridized carbons (Fsp3) is 0.429. The zero-order chi connectivity index (χ0) is 14.3. The molecule has 2 N–H and O–H groups in total. The summed E-state index contributed by atoms with van der Waals surface area (Å²) in [5, 5.41) is 11.2. The van der Waals surface area contributed by atoms with Gasteiger partial charge in [0.2, 0.25) is 5.91 Å². The topological polar surface area (TPSA) is 69.6 Å². The van der Waals surface area contributed by atoms with E-state index in [2.05, 4.69) is 24.1 Å². The number of hydrogen-bond donors (Lipinski definition) is 2. The van der Waals surface area contributed by atoms with Crippen LogP contribution in [-0.4, -0.2) is 30.1 Å². The van der Waals surface area contributed by atoms with Gasteiger partial charge in [-0.05, 0) is 38.1 Å². The number of carbonyl (C=O) groups excluding carboxylic acids is 1. The Morgan fingerprint density at radius 3 is 2.16 bits per heavy atom. The fourth-order valence-corrected chi connectivity index (χ4v) is 1.79. The number of amides is 1. The van der Waals surface area contributed by atoms with E-state index < -0.39 is 5.97 Å². The predicted octanol–water partition coefficient (Wildman–Crippen LogP) is 2.34. The van der Waals surface area contributed by atoms with Gasteiger partial charge in [-0.15, -0.1) is 0 Å². The number of benzene rings is 1. The maximum absolute atomic E-state index is 11.5. The van der Waals surface area contributed by atoms with Crippen LogP contribution < -0.4 is 10.2 Å². The van der Waals surface area contributed by atoms with Crippen LogP contribution in [0.25, 0.3) is 0 Å². The van der Waals surface area contributed by atoms with Crippen LogP contribution in [-0.2, 0) is 9.59 Å². The highest BCUT2D eigenvalue weighted by molar-refractivity contribution is 5.92. The molecule has 1 amide bonds. The Bertz CT molecular complexity index is 425. The zero-order valence-corrected chi connectivity index (χ0v) is 11.3. The quantitative estimate of drug-likeness (QED) is 0.793. The van der Waals surface area contributed by atoms with Crippen LogP contribution in [0.2, 0.25) is 0 Å². The Morgan fingerprint density at radius 1 is 1.11 bits per heavy atom. The van der Waals surface area contributed by atoms with E-state index in [9.17, 15) is 9.59 Å². The molecular formula is C14H20N2O3. The summed E-state index contributed by atoms with van der Waals surface area (Å²) < 4.78 is 0. The molecule has 5 nitrogen and oxygen atoms in total. The largest absolute Gasteiger partial charge is 0.481 e. The summed E-state index contributed by atoms with van der Waals surface area (Å²) in [6, 6.07) is 7.54. The highest BCUT2D eigenvalue weighted by Crippen LogP contribution is 2.17. The molecule has 0 unspecified atom stereocenters. The van der Waals surface area contributed by atoms with Crippen molar-refractivity contribution in [3.63, 3.8) is 0 Å². The molecule has 19 heavy (non-hydrogen) atoms. The van der Waals surface area contributed by atoms with Crippen molar-refractivity contribution >= 4 is 23.3 Å². The molecule has 104 valence electrons. The Hall–Kier alpha value is -2.04. The third-order valence-electron chi connectivity index (χ3n) is 2.85. The molecule has 0 spiro atoms. The molecular weight excluding hydrogens is 244 g/mol. The minimum atomic E-state index is -0.966. The number of aliphatic carboxylic acids is 1. The van der Waals surface area contributed by atoms with Crippen molar-refractivity contribution in [3.05, 3.63) is 24.3 Å². The van der Waals surface area contributed by atoms with E-state index in [0.29, 0.717) is 5.69 Å². The van der Waals surface area contributed by atoms with Gasteiger partial charge in [-0.25, -0.2) is 0 Å². The predicted molar refractivity (Wildman–Crippen MR) is 75.5 cm³/mol. The average molecular weight is 264 g/mol. The lowest BCUT2D eigenvalue weighted by Gasteiger charge is -2.21. The number of nitrogens with one attached hydrogen (secondary N) is 1. The van der Waals surface area contributed by atoms with Crippen LogP contribution in [0.4, 0.5) is 11.4 Å². The highest BCUT2D eigenvalue weighted by Gasteiger charge is 2.06. The second-order valence-corrected chi connectivity index (χ2v) is 4.16. The maximum atomic E-state index is 11.5. The van der Waals surface area contributed by atoms with E-state index in [0.717, 1.165) is 18.8 Å². The Balaban J connectivity index is 2.56. The number of carboxylic acids is 1. The van der Waals surface area contributed by atoms with Gasteiger partial charge in [0.15, 0.2) is 0 Å². The molecule has 0 bridgehead atoms. The van der Waals surface area contributed by atoms with Crippen molar-refractivity contribution < 1.29 is 14.7 Å². The van der Waals surface area contributed by atoms with Crippen LogP contribution in [0.1, 0.15) is 26.7 Å². The Labute approximate surface area is 113 Å². The molecule has 1 aromatic carbocycles. The van der Waals surface area contributed by atoms with Crippen molar-refractivity contribution in [2.24, 2.45) is 0 Å². The average Bonchev–Trinajstić information content (AvgIpc) is 2.40. The van der Waals surface area contributed by atoms with E-state index in [1.165, 1.54) is 0 Å². The summed E-state index contributed by atoms with van der Waals surface area (Å²) in [5.74, 6) is -1.25. The summed E-state index contributed by atoms with van der Waals surface area (Å²) in [7, 11) is 0. The van der Waals surface area contributed by atoms with Crippen molar-refractivity contribution in [1.29, 1.82) is 0 Å². The molecule has 0 heterocycles. The third kappa shape index (κ3) is 4.99. The molecule has 0 aliphatic carbocycles. The lowest BCUT2D eigenvalue weighted by atomic mass is 10.2. The summed E-state index contributed by atoms with van der Waals surface area (Å²) in [6.07, 6.45) is -0.156. The highest BCUT2D eigenvalue weighted by atomic mass is 16.4. The van der Waals surface area contributed by atoms with E-state index in [-0.39, 0.29) is 18.7 Å². The standard InChI is InChI=1S/C14H20N2O3/c1-3-16(4-2)12-7-5-11(6-8-12)15-13(17)9-10-14(18)19/h5-8H,3-4,9-10H2,1-2H3,(H,15,17)(H,18,19). The number of carboxylic acid groups (broad SMARTS) is 1. The van der Waals surface area contributed by atoms with Gasteiger partial charge in [-0.2, -0.15) is 0 Å². The number of rotatable bonds is 7. The number of carbonyl (C=O) groups is 2. The monoisotopic (exact) mass is 264 g/mol. The Kier molecular flexibility index (Phi) is 5.85. The minimum absolute atomic E-state index is 0.00682. The number of anilines is 2. The van der Waals surface area contributed by atoms with Gasteiger partial charge in [0.1, 0.15) is 0 Å². The van der Waals surface area contributed by atoms with E-state index in [4.69, 9.17) is 5.11 Å². The summed E-state index contributed by atoms with van der Waals surface area (Å²) in [5.41, 5.74) is 1.79. The van der Waals surface area contributed by atoms with Crippen LogP contribution in [0.5, 0.6) is 0 Å². The fourth-order valence-electron chi connectivity index (χ4n) is 1.79. The molecule has 0 fully saturated rings. The molecule has 5 heteroatoms. The second kappa shape index (κ2) is 7.41. The van der Waals surface area contributed by atoms with E-state index in [1.807, 2.05) is 24.3 Å². The zero-order valence-electron chi connectivity index (χ0n) is 11.3. The molecule has 1 rings (SSSR count). The van der Waals surface area contributed by atoms with Crippen molar-refractivity contribution in [3.8, 4) is 0 Å². The SMILES string of the molecule is CCN(CC)c1ccc(NC(=O)CCC(=O)O)cc1. The van der Waals surface area contributed by atoms with Crippen LogP contribution >= 0.6 is 0 Å². The van der Waals surface area contributed by atoms with Gasteiger partial charge < -0.3 is 15.3 Å². The molecule has 1 aromatic rings. The first kappa shape index (κ1) is 15.0. The molecule has 0 aliphatic heterocycles. The van der Waals surface area contributed by atoms with E-state index in [1.54, 1.807) is 0 Å². The number of nitrogens with zero attached hydrogens (tertiary/aromatic N) is 1. The molecule has 0 atom stereocenters. The summed E-state index contributed by atoms with van der Waals surface area (Å²) in [4.78, 5) is 24.0. The summed E-state index contributed by atoms with van der Waals surface area (Å²) in [6.45, 7) is 6.04. The van der Waals surface area contributed by atoms with Gasteiger partial charge in [0.25, 0.3) is 0 Å². The van der Waals surface area contributed by atoms with Crippen LogP contribution in [0.15, 0.2) is 24.3 Å². The van der Waals surface area contributed by atoms with Crippen LogP contribution in [0.3, 0.4) is 0 Å². The maximum Gasteiger partial charge on any atom is 0.303 e. The van der Waals surface area contributed by atoms with E-state index >= 15 is 0 Å². The second-order valence-electron chi connectivity index (χ2n) is 4.16. The molecule has 0 aromatic heterocycles. The van der Waals surface area contributed by atoms with Gasteiger partial charge in [0.05, 0.1) is 6.42 Å². The van der Waals surface area contributed by atoms with Gasteiger partial charge in [-0.3, -0.25) is 9.59 Å². The van der Waals surface area contributed by atoms with Crippen molar-refractivity contribution in [1.82, 2.24) is 0 Å². The van der Waals surface area contributed by atoms with Gasteiger partial charge in [0, 0.05) is 30.9 Å². The lowest BCUT2D eigenvalue weighted by molar-refractivity contribution is -0.138. The molecule has 0 radical (unpaired) electrons. The number of hydrogen-bond acceptors (Lipinski definition) is 3. The van der Waals surface area contributed by atoms with Gasteiger partial charge in [-0.1, -0.05) is 0 Å². The van der Waals surface area contributed by atoms with Crippen molar-refractivity contribution in [2.45, 2.75) is 26.7 Å². The first-order valence-corrected chi connectivity index (χ1v) is 6.43. The Morgan fingerprint density at radius 2 is 1.68 bits per heavy atom. The van der Waals surface area contributed by atoms with Gasteiger partial charge >= 0.3 is 5.97 Å². The molecule has 0 aliphatic rings. The smallest absolute Gasteiger partial charge is 0.303 e. The molecule has 0 saturated carbocycles. The first-order valence-electron chi connectivity index (χ1n) is 6.43. The third-order valence-corrected chi connectivity index (χ3v) is 2.85. The van der Waals surface area contributed by atoms with Crippen LogP contribution in [0, 0.1) is 0 Å². The molecule has 0 saturated heterocycles. The first-order chi connectivity index (χ1) is 9.06.